The zero-order chi connectivity index (χ0) is 21.1. The number of benzene rings is 1. The second kappa shape index (κ2) is 8.85. The average Bonchev–Trinajstić information content (AvgIpc) is 3.37. The molecule has 0 radical (unpaired) electrons. The molecule has 0 saturated heterocycles. The fourth-order valence-corrected chi connectivity index (χ4v) is 4.59. The second-order valence-electron chi connectivity index (χ2n) is 7.15. The third-order valence-corrected chi connectivity index (χ3v) is 6.41. The van der Waals surface area contributed by atoms with E-state index in [2.05, 4.69) is 10.6 Å². The van der Waals surface area contributed by atoms with Gasteiger partial charge in [-0.3, -0.25) is 19.0 Å². The SMILES string of the molecule is O=C(NC1CCC[C@H]1NC(=O)c1ccc(Cl)s1)c1ccc(-n2ccccc2=O)cc1. The first-order valence-corrected chi connectivity index (χ1v) is 10.9. The molecule has 4 rings (SSSR count). The smallest absolute Gasteiger partial charge is 0.261 e. The van der Waals surface area contributed by atoms with Crippen LogP contribution in [0.2, 0.25) is 4.34 Å². The molecule has 30 heavy (non-hydrogen) atoms. The summed E-state index contributed by atoms with van der Waals surface area (Å²) in [4.78, 5) is 37.6. The first-order valence-electron chi connectivity index (χ1n) is 9.66. The summed E-state index contributed by atoms with van der Waals surface area (Å²) in [6.45, 7) is 0. The Morgan fingerprint density at radius 2 is 1.63 bits per heavy atom. The number of rotatable bonds is 5. The Morgan fingerprint density at radius 1 is 0.933 bits per heavy atom. The molecule has 2 N–H and O–H groups in total. The highest BCUT2D eigenvalue weighted by Crippen LogP contribution is 2.24. The van der Waals surface area contributed by atoms with Crippen molar-refractivity contribution in [2.24, 2.45) is 0 Å². The maximum Gasteiger partial charge on any atom is 0.261 e. The van der Waals surface area contributed by atoms with Crippen molar-refractivity contribution in [3.63, 3.8) is 0 Å². The van der Waals surface area contributed by atoms with Crippen molar-refractivity contribution < 1.29 is 9.59 Å². The molecule has 2 amide bonds. The van der Waals surface area contributed by atoms with E-state index < -0.39 is 0 Å². The number of halogens is 1. The minimum absolute atomic E-state index is 0.121. The number of aromatic nitrogens is 1. The van der Waals surface area contributed by atoms with Gasteiger partial charge >= 0.3 is 0 Å². The number of carbonyl (C=O) groups excluding carboxylic acids is 2. The molecule has 154 valence electrons. The van der Waals surface area contributed by atoms with Crippen molar-refractivity contribution in [3.05, 3.63) is 85.9 Å². The summed E-state index contributed by atoms with van der Waals surface area (Å²) in [5.41, 5.74) is 1.06. The van der Waals surface area contributed by atoms with E-state index in [-0.39, 0.29) is 29.5 Å². The van der Waals surface area contributed by atoms with Crippen LogP contribution in [0.3, 0.4) is 0 Å². The first kappa shape index (κ1) is 20.4. The number of pyridine rings is 1. The van der Waals surface area contributed by atoms with Crippen LogP contribution in [0.1, 0.15) is 39.3 Å². The molecule has 1 fully saturated rings. The van der Waals surface area contributed by atoms with E-state index in [1.165, 1.54) is 22.0 Å². The van der Waals surface area contributed by atoms with Crippen molar-refractivity contribution in [3.8, 4) is 5.69 Å². The molecule has 2 atom stereocenters. The molecule has 1 saturated carbocycles. The summed E-state index contributed by atoms with van der Waals surface area (Å²) in [6.07, 6.45) is 4.23. The van der Waals surface area contributed by atoms with E-state index in [9.17, 15) is 14.4 Å². The van der Waals surface area contributed by atoms with Gasteiger partial charge in [-0.1, -0.05) is 17.7 Å². The van der Waals surface area contributed by atoms with Gasteiger partial charge in [-0.25, -0.2) is 0 Å². The van der Waals surface area contributed by atoms with Gasteiger partial charge in [-0.05, 0) is 61.7 Å². The Bertz CT molecular complexity index is 1120. The monoisotopic (exact) mass is 441 g/mol. The molecule has 2 aromatic heterocycles. The molecule has 3 aromatic rings. The number of hydrogen-bond acceptors (Lipinski definition) is 4. The van der Waals surface area contributed by atoms with Gasteiger partial charge in [0.2, 0.25) is 0 Å². The fourth-order valence-electron chi connectivity index (χ4n) is 3.65. The van der Waals surface area contributed by atoms with E-state index >= 15 is 0 Å². The molecule has 1 aromatic carbocycles. The van der Waals surface area contributed by atoms with E-state index in [4.69, 9.17) is 11.6 Å². The van der Waals surface area contributed by atoms with Gasteiger partial charge in [-0.2, -0.15) is 0 Å². The fraction of sp³-hybridized carbons (Fsp3) is 0.227. The van der Waals surface area contributed by atoms with Crippen LogP contribution < -0.4 is 16.2 Å². The van der Waals surface area contributed by atoms with E-state index in [0.29, 0.717) is 20.5 Å². The largest absolute Gasteiger partial charge is 0.347 e. The molecule has 2 heterocycles. The quantitative estimate of drug-likeness (QED) is 0.634. The number of carbonyl (C=O) groups is 2. The Kier molecular flexibility index (Phi) is 6.01. The Morgan fingerprint density at radius 3 is 2.27 bits per heavy atom. The normalized spacial score (nSPS) is 18.2. The second-order valence-corrected chi connectivity index (χ2v) is 8.87. The van der Waals surface area contributed by atoms with E-state index in [0.717, 1.165) is 19.3 Å². The summed E-state index contributed by atoms with van der Waals surface area (Å²) in [6, 6.07) is 15.0. The van der Waals surface area contributed by atoms with Gasteiger partial charge < -0.3 is 10.6 Å². The van der Waals surface area contributed by atoms with Crippen LogP contribution in [0.4, 0.5) is 0 Å². The Hall–Kier alpha value is -2.90. The van der Waals surface area contributed by atoms with Crippen molar-refractivity contribution >= 4 is 34.8 Å². The Labute approximate surface area is 182 Å². The lowest BCUT2D eigenvalue weighted by molar-refractivity contribution is 0.0894. The van der Waals surface area contributed by atoms with Crippen LogP contribution in [0, 0.1) is 0 Å². The predicted octanol–water partition coefficient (Wildman–Crippen LogP) is 3.63. The van der Waals surface area contributed by atoms with Gasteiger partial charge in [-0.15, -0.1) is 11.3 Å². The number of amides is 2. The van der Waals surface area contributed by atoms with E-state index in [1.54, 1.807) is 54.7 Å². The number of nitrogens with zero attached hydrogens (tertiary/aromatic N) is 1. The summed E-state index contributed by atoms with van der Waals surface area (Å²) >= 11 is 7.14. The molecule has 0 bridgehead atoms. The number of thiophene rings is 1. The molecule has 1 aliphatic rings. The van der Waals surface area contributed by atoms with Crippen LogP contribution in [0.5, 0.6) is 0 Å². The van der Waals surface area contributed by atoms with Gasteiger partial charge in [0.25, 0.3) is 17.4 Å². The molecule has 1 aliphatic carbocycles. The topological polar surface area (TPSA) is 80.2 Å². The van der Waals surface area contributed by atoms with Gasteiger partial charge in [0.05, 0.1) is 9.21 Å². The molecule has 6 nitrogen and oxygen atoms in total. The maximum absolute atomic E-state index is 12.7. The first-order chi connectivity index (χ1) is 14.5. The highest BCUT2D eigenvalue weighted by atomic mass is 35.5. The van der Waals surface area contributed by atoms with Gasteiger partial charge in [0.1, 0.15) is 0 Å². The van der Waals surface area contributed by atoms with Crippen molar-refractivity contribution in [1.82, 2.24) is 15.2 Å². The van der Waals surface area contributed by atoms with Crippen LogP contribution in [0.25, 0.3) is 5.69 Å². The molecule has 1 unspecified atom stereocenters. The number of hydrogen-bond donors (Lipinski definition) is 2. The lowest BCUT2D eigenvalue weighted by atomic mass is 10.1. The molecule has 8 heteroatoms. The minimum Gasteiger partial charge on any atom is -0.347 e. The van der Waals surface area contributed by atoms with Crippen LogP contribution in [-0.2, 0) is 0 Å². The van der Waals surface area contributed by atoms with Crippen molar-refractivity contribution in [1.29, 1.82) is 0 Å². The van der Waals surface area contributed by atoms with Crippen molar-refractivity contribution in [2.75, 3.05) is 0 Å². The maximum atomic E-state index is 12.7. The average molecular weight is 442 g/mol. The lowest BCUT2D eigenvalue weighted by Gasteiger charge is -2.22. The molecule has 0 aliphatic heterocycles. The van der Waals surface area contributed by atoms with Gasteiger partial charge in [0, 0.05) is 35.6 Å². The highest BCUT2D eigenvalue weighted by molar-refractivity contribution is 7.18. The summed E-state index contributed by atoms with van der Waals surface area (Å²) in [5.74, 6) is -0.372. The zero-order valence-corrected chi connectivity index (χ0v) is 17.6. The summed E-state index contributed by atoms with van der Waals surface area (Å²) in [5, 5.41) is 6.05. The molecule has 0 spiro atoms. The standard InChI is InChI=1S/C22H20ClN3O3S/c23-19-12-11-18(30-19)22(29)25-17-5-3-4-16(17)24-21(28)14-7-9-15(10-8-14)26-13-2-1-6-20(26)27/h1-2,6-13,16-17H,3-5H2,(H,24,28)(H,25,29)/t16?,17-/m1/s1. The van der Waals surface area contributed by atoms with E-state index in [1.807, 2.05) is 0 Å². The van der Waals surface area contributed by atoms with Crippen molar-refractivity contribution in [2.45, 2.75) is 31.3 Å². The molecular formula is C22H20ClN3O3S. The summed E-state index contributed by atoms with van der Waals surface area (Å²) in [7, 11) is 0. The van der Waals surface area contributed by atoms with Crippen LogP contribution in [0.15, 0.2) is 65.6 Å². The molecular weight excluding hydrogens is 422 g/mol. The van der Waals surface area contributed by atoms with Crippen LogP contribution >= 0.6 is 22.9 Å². The third-order valence-electron chi connectivity index (χ3n) is 5.18. The third kappa shape index (κ3) is 4.47. The number of nitrogens with one attached hydrogen (secondary N) is 2. The Balaban J connectivity index is 1.41. The highest BCUT2D eigenvalue weighted by Gasteiger charge is 2.30. The minimum atomic E-state index is -0.202. The van der Waals surface area contributed by atoms with Crippen LogP contribution in [-0.4, -0.2) is 28.5 Å². The lowest BCUT2D eigenvalue weighted by Crippen LogP contribution is -2.48. The van der Waals surface area contributed by atoms with Gasteiger partial charge in [0.15, 0.2) is 0 Å². The summed E-state index contributed by atoms with van der Waals surface area (Å²) < 4.78 is 2.08. The predicted molar refractivity (Wildman–Crippen MR) is 118 cm³/mol. The zero-order valence-electron chi connectivity index (χ0n) is 16.0.